The SMILES string of the molecule is C=CC(=O)OCCOCCOCC(=O)[n+]1cccc(C(N)=O)c1. The molecule has 0 aromatic carbocycles. The number of carbonyl (C=O) groups is 3. The van der Waals surface area contributed by atoms with Crippen LogP contribution < -0.4 is 10.3 Å². The molecule has 124 valence electrons. The Morgan fingerprint density at radius 2 is 1.87 bits per heavy atom. The lowest BCUT2D eigenvalue weighted by Gasteiger charge is -2.04. The van der Waals surface area contributed by atoms with Gasteiger partial charge in [-0.25, -0.2) is 9.59 Å². The molecule has 1 aromatic heterocycles. The van der Waals surface area contributed by atoms with Gasteiger partial charge >= 0.3 is 11.9 Å². The van der Waals surface area contributed by atoms with Crippen molar-refractivity contribution in [1.29, 1.82) is 0 Å². The minimum absolute atomic E-state index is 0.125. The Kier molecular flexibility index (Phi) is 8.19. The molecule has 0 radical (unpaired) electrons. The van der Waals surface area contributed by atoms with Gasteiger partial charge in [0.15, 0.2) is 19.0 Å². The summed E-state index contributed by atoms with van der Waals surface area (Å²) in [5.74, 6) is -1.46. The topological polar surface area (TPSA) is 109 Å². The third-order valence-corrected chi connectivity index (χ3v) is 2.61. The number of esters is 1. The number of pyridine rings is 1. The number of hydrogen-bond donors (Lipinski definition) is 1. The molecule has 2 N–H and O–H groups in total. The molecule has 1 heterocycles. The van der Waals surface area contributed by atoms with Crippen molar-refractivity contribution >= 4 is 17.8 Å². The van der Waals surface area contributed by atoms with E-state index < -0.39 is 11.9 Å². The Morgan fingerprint density at radius 1 is 1.17 bits per heavy atom. The summed E-state index contributed by atoms with van der Waals surface area (Å²) in [6.45, 7) is 3.91. The van der Waals surface area contributed by atoms with E-state index in [4.69, 9.17) is 19.9 Å². The number of carbonyl (C=O) groups excluding carboxylic acids is 3. The summed E-state index contributed by atoms with van der Waals surface area (Å²) in [5.41, 5.74) is 5.38. The van der Waals surface area contributed by atoms with Crippen molar-refractivity contribution in [3.63, 3.8) is 0 Å². The van der Waals surface area contributed by atoms with Crippen molar-refractivity contribution in [2.24, 2.45) is 5.73 Å². The van der Waals surface area contributed by atoms with Gasteiger partial charge in [-0.3, -0.25) is 4.79 Å². The van der Waals surface area contributed by atoms with Crippen molar-refractivity contribution in [3.8, 4) is 0 Å². The van der Waals surface area contributed by atoms with E-state index in [1.54, 1.807) is 6.07 Å². The average molecular weight is 323 g/mol. The van der Waals surface area contributed by atoms with Gasteiger partial charge in [-0.05, 0) is 6.07 Å². The van der Waals surface area contributed by atoms with Crippen LogP contribution in [0.2, 0.25) is 0 Å². The average Bonchev–Trinajstić information content (AvgIpc) is 2.56. The maximum absolute atomic E-state index is 11.8. The molecule has 8 nitrogen and oxygen atoms in total. The lowest BCUT2D eigenvalue weighted by Crippen LogP contribution is -2.45. The van der Waals surface area contributed by atoms with Crippen molar-refractivity contribution in [1.82, 2.24) is 0 Å². The van der Waals surface area contributed by atoms with Crippen LogP contribution in [0.3, 0.4) is 0 Å². The Bertz CT molecular complexity index is 573. The van der Waals surface area contributed by atoms with Crippen molar-refractivity contribution < 1.29 is 33.2 Å². The van der Waals surface area contributed by atoms with Crippen LogP contribution in [0.1, 0.15) is 15.2 Å². The molecular weight excluding hydrogens is 304 g/mol. The van der Waals surface area contributed by atoms with E-state index in [0.717, 1.165) is 6.08 Å². The zero-order valence-corrected chi connectivity index (χ0v) is 12.6. The monoisotopic (exact) mass is 323 g/mol. The first-order chi connectivity index (χ1) is 11.0. The number of nitrogens with two attached hydrogens (primary N) is 1. The third kappa shape index (κ3) is 7.30. The van der Waals surface area contributed by atoms with Crippen molar-refractivity contribution in [3.05, 3.63) is 42.7 Å². The molecule has 8 heteroatoms. The van der Waals surface area contributed by atoms with Crippen LogP contribution in [0.25, 0.3) is 0 Å². The lowest BCUT2D eigenvalue weighted by molar-refractivity contribution is -0.575. The van der Waals surface area contributed by atoms with Crippen molar-refractivity contribution in [2.75, 3.05) is 33.0 Å². The number of primary amides is 1. The smallest absolute Gasteiger partial charge is 0.417 e. The van der Waals surface area contributed by atoms with Gasteiger partial charge in [0.25, 0.3) is 5.91 Å². The van der Waals surface area contributed by atoms with E-state index in [1.807, 2.05) is 0 Å². The fourth-order valence-electron chi connectivity index (χ4n) is 1.49. The second-order valence-corrected chi connectivity index (χ2v) is 4.29. The van der Waals surface area contributed by atoms with E-state index in [0.29, 0.717) is 0 Å². The van der Waals surface area contributed by atoms with E-state index in [9.17, 15) is 14.4 Å². The summed E-state index contributed by atoms with van der Waals surface area (Å²) in [6.07, 6.45) is 3.92. The van der Waals surface area contributed by atoms with Crippen LogP contribution >= 0.6 is 0 Å². The second kappa shape index (κ2) is 10.2. The molecule has 0 aliphatic carbocycles. The van der Waals surface area contributed by atoms with Crippen LogP contribution in [-0.2, 0) is 19.0 Å². The number of nitrogens with zero attached hydrogens (tertiary/aromatic N) is 1. The highest BCUT2D eigenvalue weighted by Gasteiger charge is 2.16. The normalized spacial score (nSPS) is 10.1. The molecule has 0 aliphatic rings. The summed E-state index contributed by atoms with van der Waals surface area (Å²) < 4.78 is 16.3. The number of hydrogen-bond acceptors (Lipinski definition) is 6. The van der Waals surface area contributed by atoms with Crippen LogP contribution in [0.5, 0.6) is 0 Å². The summed E-state index contributed by atoms with van der Waals surface area (Å²) in [7, 11) is 0. The second-order valence-electron chi connectivity index (χ2n) is 4.29. The summed E-state index contributed by atoms with van der Waals surface area (Å²) >= 11 is 0. The highest BCUT2D eigenvalue weighted by atomic mass is 16.6. The predicted molar refractivity (Wildman–Crippen MR) is 78.6 cm³/mol. The summed E-state index contributed by atoms with van der Waals surface area (Å²) in [6, 6.07) is 3.06. The van der Waals surface area contributed by atoms with Crippen LogP contribution in [0, 0.1) is 0 Å². The Hall–Kier alpha value is -2.58. The zero-order valence-electron chi connectivity index (χ0n) is 12.6. The molecule has 0 bridgehead atoms. The predicted octanol–water partition coefficient (Wildman–Crippen LogP) is -0.524. The summed E-state index contributed by atoms with van der Waals surface area (Å²) in [5, 5.41) is 0. The fourth-order valence-corrected chi connectivity index (χ4v) is 1.49. The minimum Gasteiger partial charge on any atom is -0.460 e. The minimum atomic E-state index is -0.612. The Morgan fingerprint density at radius 3 is 2.57 bits per heavy atom. The molecule has 0 fully saturated rings. The number of ether oxygens (including phenoxy) is 3. The van der Waals surface area contributed by atoms with Crippen LogP contribution in [0.4, 0.5) is 0 Å². The maximum atomic E-state index is 11.8. The quantitative estimate of drug-likeness (QED) is 0.268. The molecule has 0 saturated heterocycles. The molecule has 23 heavy (non-hydrogen) atoms. The highest BCUT2D eigenvalue weighted by Crippen LogP contribution is 1.92. The van der Waals surface area contributed by atoms with Gasteiger partial charge in [0.05, 0.1) is 19.8 Å². The van der Waals surface area contributed by atoms with E-state index in [-0.39, 0.29) is 44.5 Å². The maximum Gasteiger partial charge on any atom is 0.417 e. The van der Waals surface area contributed by atoms with Gasteiger partial charge < -0.3 is 19.9 Å². The van der Waals surface area contributed by atoms with Gasteiger partial charge in [-0.2, -0.15) is 0 Å². The van der Waals surface area contributed by atoms with E-state index in [2.05, 4.69) is 6.58 Å². The Balaban J connectivity index is 2.17. The van der Waals surface area contributed by atoms with E-state index >= 15 is 0 Å². The molecule has 1 aromatic rings. The largest absolute Gasteiger partial charge is 0.460 e. The first-order valence-corrected chi connectivity index (χ1v) is 6.83. The molecule has 1 rings (SSSR count). The molecule has 1 amide bonds. The zero-order chi connectivity index (χ0) is 17.1. The van der Waals surface area contributed by atoms with Gasteiger partial charge in [0, 0.05) is 12.1 Å². The summed E-state index contributed by atoms with van der Waals surface area (Å²) in [4.78, 5) is 33.6. The molecule has 0 unspecified atom stereocenters. The number of amides is 1. The molecule has 0 atom stereocenters. The molecule has 0 aliphatic heterocycles. The lowest BCUT2D eigenvalue weighted by atomic mass is 10.3. The molecule has 0 saturated carbocycles. The third-order valence-electron chi connectivity index (χ3n) is 2.61. The first kappa shape index (κ1) is 18.5. The van der Waals surface area contributed by atoms with Gasteiger partial charge in [-0.15, -0.1) is 4.57 Å². The first-order valence-electron chi connectivity index (χ1n) is 6.83. The van der Waals surface area contributed by atoms with Crippen LogP contribution in [0.15, 0.2) is 37.2 Å². The molecular formula is C15H19N2O6+. The molecule has 0 spiro atoms. The van der Waals surface area contributed by atoms with Gasteiger partial charge in [-0.1, -0.05) is 6.58 Å². The number of aromatic nitrogens is 1. The van der Waals surface area contributed by atoms with Gasteiger partial charge in [0.2, 0.25) is 0 Å². The number of rotatable bonds is 10. The highest BCUT2D eigenvalue weighted by molar-refractivity contribution is 5.92. The van der Waals surface area contributed by atoms with Crippen LogP contribution in [-0.4, -0.2) is 50.8 Å². The van der Waals surface area contributed by atoms with E-state index in [1.165, 1.54) is 23.0 Å². The van der Waals surface area contributed by atoms with Crippen molar-refractivity contribution in [2.45, 2.75) is 0 Å². The Labute approximate surface area is 133 Å². The standard InChI is InChI=1S/C15H18N2O6/c1-2-14(19)23-9-8-21-6-7-22-11-13(18)17-5-3-4-12(10-17)15(16)20/h2-5,10H,1,6-9,11H2,(H-,16,20)/p+1. The van der Waals surface area contributed by atoms with Gasteiger partial charge in [0.1, 0.15) is 12.2 Å². The fraction of sp³-hybridized carbons (Fsp3) is 0.333.